The second-order valence-corrected chi connectivity index (χ2v) is 4.97. The number of aromatic nitrogens is 2. The molecule has 1 heterocycles. The number of amides is 2. The van der Waals surface area contributed by atoms with E-state index in [0.717, 1.165) is 5.56 Å². The van der Waals surface area contributed by atoms with Crippen LogP contribution in [0.3, 0.4) is 0 Å². The summed E-state index contributed by atoms with van der Waals surface area (Å²) < 4.78 is 15.2. The van der Waals surface area contributed by atoms with Crippen LogP contribution in [-0.2, 0) is 6.54 Å². The van der Waals surface area contributed by atoms with E-state index >= 15 is 0 Å². The number of para-hydroxylation sites is 1. The van der Waals surface area contributed by atoms with Gasteiger partial charge in [-0.2, -0.15) is 5.10 Å². The minimum absolute atomic E-state index is 0.127. The lowest BCUT2D eigenvalue weighted by Crippen LogP contribution is -2.19. The van der Waals surface area contributed by atoms with Gasteiger partial charge in [0, 0.05) is 6.20 Å². The third kappa shape index (κ3) is 3.94. The minimum atomic E-state index is -0.519. The third-order valence-electron chi connectivity index (χ3n) is 3.20. The Labute approximate surface area is 132 Å². The van der Waals surface area contributed by atoms with Crippen LogP contribution in [0.1, 0.15) is 5.56 Å². The van der Waals surface area contributed by atoms with Gasteiger partial charge in [-0.25, -0.2) is 9.18 Å². The van der Waals surface area contributed by atoms with E-state index in [1.54, 1.807) is 29.2 Å². The maximum atomic E-state index is 13.5. The first-order chi connectivity index (χ1) is 11.2. The van der Waals surface area contributed by atoms with Crippen molar-refractivity contribution < 1.29 is 9.18 Å². The Kier molecular flexibility index (Phi) is 4.33. The lowest BCUT2D eigenvalue weighted by molar-refractivity contribution is 0.262. The summed E-state index contributed by atoms with van der Waals surface area (Å²) >= 11 is 0. The molecule has 3 rings (SSSR count). The van der Waals surface area contributed by atoms with Crippen LogP contribution in [0.25, 0.3) is 0 Å². The maximum Gasteiger partial charge on any atom is 0.323 e. The van der Waals surface area contributed by atoms with Crippen molar-refractivity contribution in [3.63, 3.8) is 0 Å². The van der Waals surface area contributed by atoms with Crippen LogP contribution in [0.4, 0.5) is 20.6 Å². The van der Waals surface area contributed by atoms with E-state index < -0.39 is 11.8 Å². The van der Waals surface area contributed by atoms with Crippen molar-refractivity contribution in [1.82, 2.24) is 9.78 Å². The van der Waals surface area contributed by atoms with E-state index in [1.807, 2.05) is 30.3 Å². The molecular formula is C17H15FN4O. The number of benzene rings is 2. The number of hydrogen-bond donors (Lipinski definition) is 2. The van der Waals surface area contributed by atoms with Crippen molar-refractivity contribution in [2.45, 2.75) is 6.54 Å². The lowest BCUT2D eigenvalue weighted by atomic mass is 10.2. The van der Waals surface area contributed by atoms with Gasteiger partial charge >= 0.3 is 6.03 Å². The smallest absolute Gasteiger partial charge is 0.305 e. The van der Waals surface area contributed by atoms with Crippen LogP contribution in [0.2, 0.25) is 0 Å². The van der Waals surface area contributed by atoms with Crippen molar-refractivity contribution in [2.75, 3.05) is 10.6 Å². The molecule has 0 unspecified atom stereocenters. The van der Waals surface area contributed by atoms with Crippen molar-refractivity contribution >= 4 is 17.4 Å². The molecular weight excluding hydrogens is 295 g/mol. The molecule has 0 fully saturated rings. The van der Waals surface area contributed by atoms with E-state index in [4.69, 9.17) is 0 Å². The summed E-state index contributed by atoms with van der Waals surface area (Å²) in [4.78, 5) is 11.9. The highest BCUT2D eigenvalue weighted by atomic mass is 19.1. The average Bonchev–Trinajstić information content (AvgIpc) is 2.97. The van der Waals surface area contributed by atoms with Gasteiger partial charge in [-0.3, -0.25) is 4.68 Å². The highest BCUT2D eigenvalue weighted by Gasteiger charge is 2.07. The van der Waals surface area contributed by atoms with Gasteiger partial charge in [0.2, 0.25) is 0 Å². The summed E-state index contributed by atoms with van der Waals surface area (Å²) in [5.41, 5.74) is 1.77. The summed E-state index contributed by atoms with van der Waals surface area (Å²) in [7, 11) is 0. The largest absolute Gasteiger partial charge is 0.323 e. The number of anilines is 2. The fourth-order valence-corrected chi connectivity index (χ4v) is 2.13. The first-order valence-corrected chi connectivity index (χ1v) is 7.09. The van der Waals surface area contributed by atoms with Crippen LogP contribution >= 0.6 is 0 Å². The molecule has 0 spiro atoms. The summed E-state index contributed by atoms with van der Waals surface area (Å²) in [5, 5.41) is 9.27. The summed E-state index contributed by atoms with van der Waals surface area (Å²) in [6.45, 7) is 0.609. The van der Waals surface area contributed by atoms with Gasteiger partial charge in [0.1, 0.15) is 5.82 Å². The molecule has 1 aromatic heterocycles. The molecule has 2 amide bonds. The van der Waals surface area contributed by atoms with Crippen LogP contribution in [0, 0.1) is 5.82 Å². The van der Waals surface area contributed by atoms with Gasteiger partial charge in [0.25, 0.3) is 0 Å². The zero-order valence-corrected chi connectivity index (χ0v) is 12.2. The highest BCUT2D eigenvalue weighted by molar-refractivity contribution is 5.99. The Balaban J connectivity index is 1.60. The highest BCUT2D eigenvalue weighted by Crippen LogP contribution is 2.13. The number of urea groups is 1. The van der Waals surface area contributed by atoms with Crippen LogP contribution in [-0.4, -0.2) is 15.8 Å². The number of carbonyl (C=O) groups is 1. The van der Waals surface area contributed by atoms with Crippen molar-refractivity contribution in [3.05, 3.63) is 78.4 Å². The SMILES string of the molecule is O=C(Nc1cnn(Cc2ccccc2)c1)Nc1ccccc1F. The minimum Gasteiger partial charge on any atom is -0.305 e. The number of halogens is 1. The molecule has 0 saturated heterocycles. The first kappa shape index (κ1) is 14.8. The van der Waals surface area contributed by atoms with Gasteiger partial charge in [0.05, 0.1) is 24.1 Å². The van der Waals surface area contributed by atoms with Crippen molar-refractivity contribution in [2.24, 2.45) is 0 Å². The number of rotatable bonds is 4. The molecule has 0 aliphatic rings. The fraction of sp³-hybridized carbons (Fsp3) is 0.0588. The normalized spacial score (nSPS) is 10.3. The molecule has 0 bridgehead atoms. The second-order valence-electron chi connectivity index (χ2n) is 4.97. The maximum absolute atomic E-state index is 13.5. The molecule has 2 aromatic carbocycles. The Morgan fingerprint density at radius 2 is 1.78 bits per heavy atom. The molecule has 0 aliphatic carbocycles. The first-order valence-electron chi connectivity index (χ1n) is 7.09. The molecule has 0 saturated carbocycles. The summed E-state index contributed by atoms with van der Waals surface area (Å²) in [5.74, 6) is -0.484. The quantitative estimate of drug-likeness (QED) is 0.771. The van der Waals surface area contributed by atoms with Crippen molar-refractivity contribution in [1.29, 1.82) is 0 Å². The molecule has 0 radical (unpaired) electrons. The zero-order valence-electron chi connectivity index (χ0n) is 12.2. The monoisotopic (exact) mass is 310 g/mol. The zero-order chi connectivity index (χ0) is 16.1. The van der Waals surface area contributed by atoms with E-state index in [0.29, 0.717) is 12.2 Å². The van der Waals surface area contributed by atoms with Crippen molar-refractivity contribution in [3.8, 4) is 0 Å². The van der Waals surface area contributed by atoms with E-state index in [1.165, 1.54) is 12.1 Å². The standard InChI is InChI=1S/C17H15FN4O/c18-15-8-4-5-9-16(15)21-17(23)20-14-10-19-22(12-14)11-13-6-2-1-3-7-13/h1-10,12H,11H2,(H2,20,21,23). The van der Waals surface area contributed by atoms with Gasteiger partial charge < -0.3 is 10.6 Å². The number of nitrogens with zero attached hydrogens (tertiary/aromatic N) is 2. The molecule has 23 heavy (non-hydrogen) atoms. The van der Waals surface area contributed by atoms with Crippen LogP contribution in [0.15, 0.2) is 67.0 Å². The number of carbonyl (C=O) groups excluding carboxylic acids is 1. The second kappa shape index (κ2) is 6.74. The predicted molar refractivity (Wildman–Crippen MR) is 86.8 cm³/mol. The molecule has 2 N–H and O–H groups in total. The van der Waals surface area contributed by atoms with E-state index in [9.17, 15) is 9.18 Å². The fourth-order valence-electron chi connectivity index (χ4n) is 2.13. The molecule has 116 valence electrons. The number of nitrogens with one attached hydrogen (secondary N) is 2. The Hall–Kier alpha value is -3.15. The van der Waals surface area contributed by atoms with Crippen LogP contribution < -0.4 is 10.6 Å². The topological polar surface area (TPSA) is 59.0 Å². The van der Waals surface area contributed by atoms with Gasteiger partial charge in [-0.05, 0) is 17.7 Å². The molecule has 6 heteroatoms. The van der Waals surface area contributed by atoms with Gasteiger partial charge in [0.15, 0.2) is 0 Å². The Bertz CT molecular complexity index is 801. The molecule has 5 nitrogen and oxygen atoms in total. The lowest BCUT2D eigenvalue weighted by Gasteiger charge is -2.06. The summed E-state index contributed by atoms with van der Waals surface area (Å²) in [6, 6.07) is 15.3. The third-order valence-corrected chi connectivity index (χ3v) is 3.20. The van der Waals surface area contributed by atoms with E-state index in [2.05, 4.69) is 15.7 Å². The average molecular weight is 310 g/mol. The molecule has 0 atom stereocenters. The Morgan fingerprint density at radius 3 is 2.57 bits per heavy atom. The molecule has 0 aliphatic heterocycles. The molecule has 3 aromatic rings. The van der Waals surface area contributed by atoms with Crippen LogP contribution in [0.5, 0.6) is 0 Å². The van der Waals surface area contributed by atoms with Gasteiger partial charge in [-0.15, -0.1) is 0 Å². The van der Waals surface area contributed by atoms with E-state index in [-0.39, 0.29) is 5.69 Å². The Morgan fingerprint density at radius 1 is 1.04 bits per heavy atom. The summed E-state index contributed by atoms with van der Waals surface area (Å²) in [6.07, 6.45) is 3.26. The number of hydrogen-bond acceptors (Lipinski definition) is 2. The predicted octanol–water partition coefficient (Wildman–Crippen LogP) is 3.71. The van der Waals surface area contributed by atoms with Gasteiger partial charge in [-0.1, -0.05) is 42.5 Å².